The molecule has 80 valence electrons. The zero-order valence-electron chi connectivity index (χ0n) is 8.84. The summed E-state index contributed by atoms with van der Waals surface area (Å²) >= 11 is 0. The van der Waals surface area contributed by atoms with Crippen LogP contribution in [0.5, 0.6) is 0 Å². The molecule has 0 radical (unpaired) electrons. The van der Waals surface area contributed by atoms with Gasteiger partial charge in [-0.2, -0.15) is 0 Å². The van der Waals surface area contributed by atoms with E-state index in [0.29, 0.717) is 0 Å². The van der Waals surface area contributed by atoms with E-state index in [2.05, 4.69) is 27.7 Å². The molecular weight excluding hydrogens is 174 g/mol. The smallest absolute Gasteiger partial charge is 0.0164 e. The fourth-order valence-corrected chi connectivity index (χ4v) is 2.14. The molecule has 0 aliphatic carbocycles. The Bertz CT molecular complexity index is 179. The molecule has 2 fully saturated rings. The van der Waals surface area contributed by atoms with Gasteiger partial charge in [-0.25, -0.2) is 0 Å². The van der Waals surface area contributed by atoms with E-state index >= 15 is 0 Å². The van der Waals surface area contributed by atoms with Crippen LogP contribution in [0.15, 0.2) is 12.2 Å². The normalized spacial score (nSPS) is 30.1. The standard InChI is InChI=1S/C11H21N3/c1(2-11-3-4-13-10-11)7-14-8-5-12-6-9-14/h1-2,11-13H,3-10H2/b2-1-. The minimum atomic E-state index is 0.790. The first-order valence-electron chi connectivity index (χ1n) is 5.75. The van der Waals surface area contributed by atoms with Crippen LogP contribution in [0, 0.1) is 5.92 Å². The number of rotatable bonds is 3. The second-order valence-corrected chi connectivity index (χ2v) is 4.23. The third kappa shape index (κ3) is 3.08. The summed E-state index contributed by atoms with van der Waals surface area (Å²) in [5, 5.41) is 6.76. The third-order valence-corrected chi connectivity index (χ3v) is 3.08. The lowest BCUT2D eigenvalue weighted by Gasteiger charge is -2.25. The van der Waals surface area contributed by atoms with Crippen LogP contribution >= 0.6 is 0 Å². The van der Waals surface area contributed by atoms with Crippen LogP contribution in [0.25, 0.3) is 0 Å². The van der Waals surface area contributed by atoms with E-state index in [0.717, 1.165) is 25.6 Å². The molecule has 0 aromatic carbocycles. The Morgan fingerprint density at radius 3 is 2.71 bits per heavy atom. The van der Waals surface area contributed by atoms with Crippen molar-refractivity contribution in [2.24, 2.45) is 5.92 Å². The third-order valence-electron chi connectivity index (χ3n) is 3.08. The van der Waals surface area contributed by atoms with Crippen molar-refractivity contribution in [3.8, 4) is 0 Å². The summed E-state index contributed by atoms with van der Waals surface area (Å²) in [5.41, 5.74) is 0. The highest BCUT2D eigenvalue weighted by Crippen LogP contribution is 2.08. The van der Waals surface area contributed by atoms with Crippen LogP contribution in [0.1, 0.15) is 6.42 Å². The molecule has 2 rings (SSSR count). The number of hydrogen-bond donors (Lipinski definition) is 2. The summed E-state index contributed by atoms with van der Waals surface area (Å²) in [5.74, 6) is 0.790. The molecule has 0 aromatic rings. The lowest BCUT2D eigenvalue weighted by Crippen LogP contribution is -2.43. The van der Waals surface area contributed by atoms with Crippen molar-refractivity contribution in [2.75, 3.05) is 45.8 Å². The van der Waals surface area contributed by atoms with Crippen molar-refractivity contribution in [1.82, 2.24) is 15.5 Å². The van der Waals surface area contributed by atoms with Crippen molar-refractivity contribution < 1.29 is 0 Å². The SMILES string of the molecule is C(=C/C1CCNC1)/CN1CCNCC1. The number of nitrogens with zero attached hydrogens (tertiary/aromatic N) is 1. The molecule has 2 N–H and O–H groups in total. The van der Waals surface area contributed by atoms with Crippen LogP contribution in [-0.4, -0.2) is 50.7 Å². The zero-order chi connectivity index (χ0) is 9.64. The second kappa shape index (κ2) is 5.49. The van der Waals surface area contributed by atoms with Crippen molar-refractivity contribution in [1.29, 1.82) is 0 Å². The van der Waals surface area contributed by atoms with Gasteiger partial charge >= 0.3 is 0 Å². The fourth-order valence-electron chi connectivity index (χ4n) is 2.14. The summed E-state index contributed by atoms with van der Waals surface area (Å²) in [6.07, 6.45) is 6.06. The van der Waals surface area contributed by atoms with Crippen molar-refractivity contribution >= 4 is 0 Å². The summed E-state index contributed by atoms with van der Waals surface area (Å²) in [7, 11) is 0. The van der Waals surface area contributed by atoms with Gasteiger partial charge < -0.3 is 10.6 Å². The lowest BCUT2D eigenvalue weighted by atomic mass is 10.1. The average Bonchev–Trinajstić information content (AvgIpc) is 2.72. The minimum Gasteiger partial charge on any atom is -0.316 e. The molecule has 1 atom stereocenters. The Labute approximate surface area is 86.5 Å². The molecule has 2 aliphatic rings. The highest BCUT2D eigenvalue weighted by molar-refractivity contribution is 4.94. The quantitative estimate of drug-likeness (QED) is 0.624. The molecule has 14 heavy (non-hydrogen) atoms. The van der Waals surface area contributed by atoms with Gasteiger partial charge in [-0.15, -0.1) is 0 Å². The van der Waals surface area contributed by atoms with E-state index in [4.69, 9.17) is 0 Å². The van der Waals surface area contributed by atoms with Crippen molar-refractivity contribution in [3.05, 3.63) is 12.2 Å². The Hall–Kier alpha value is -0.380. The molecule has 2 saturated heterocycles. The lowest BCUT2D eigenvalue weighted by molar-refractivity contribution is 0.264. The first kappa shape index (κ1) is 10.1. The average molecular weight is 195 g/mol. The highest BCUT2D eigenvalue weighted by atomic mass is 15.2. The van der Waals surface area contributed by atoms with E-state index in [1.54, 1.807) is 0 Å². The van der Waals surface area contributed by atoms with E-state index in [1.165, 1.54) is 32.6 Å². The van der Waals surface area contributed by atoms with Gasteiger partial charge in [-0.3, -0.25) is 4.90 Å². The van der Waals surface area contributed by atoms with Crippen molar-refractivity contribution in [2.45, 2.75) is 6.42 Å². The summed E-state index contributed by atoms with van der Waals surface area (Å²) in [4.78, 5) is 2.51. The van der Waals surface area contributed by atoms with Crippen LogP contribution in [-0.2, 0) is 0 Å². The summed E-state index contributed by atoms with van der Waals surface area (Å²) in [6.45, 7) is 8.22. The van der Waals surface area contributed by atoms with Gasteiger partial charge in [0.15, 0.2) is 0 Å². The van der Waals surface area contributed by atoms with Gasteiger partial charge in [0.25, 0.3) is 0 Å². The predicted molar refractivity (Wildman–Crippen MR) is 59.4 cm³/mol. The van der Waals surface area contributed by atoms with Gasteiger partial charge in [0.05, 0.1) is 0 Å². The van der Waals surface area contributed by atoms with Gasteiger partial charge in [0.2, 0.25) is 0 Å². The van der Waals surface area contributed by atoms with E-state index in [-0.39, 0.29) is 0 Å². The molecule has 0 aromatic heterocycles. The number of nitrogens with one attached hydrogen (secondary N) is 2. The van der Waals surface area contributed by atoms with Gasteiger partial charge in [0.1, 0.15) is 0 Å². The zero-order valence-corrected chi connectivity index (χ0v) is 8.84. The van der Waals surface area contributed by atoms with Crippen LogP contribution in [0.4, 0.5) is 0 Å². The highest BCUT2D eigenvalue weighted by Gasteiger charge is 2.11. The monoisotopic (exact) mass is 195 g/mol. The maximum Gasteiger partial charge on any atom is 0.0164 e. The molecule has 1 unspecified atom stereocenters. The molecule has 2 heterocycles. The number of piperazine rings is 1. The Kier molecular flexibility index (Phi) is 3.98. The molecule has 0 amide bonds. The molecule has 2 aliphatic heterocycles. The summed E-state index contributed by atoms with van der Waals surface area (Å²) < 4.78 is 0. The Morgan fingerprint density at radius 2 is 2.00 bits per heavy atom. The molecule has 0 saturated carbocycles. The van der Waals surface area contributed by atoms with E-state index in [9.17, 15) is 0 Å². The summed E-state index contributed by atoms with van der Waals surface area (Å²) in [6, 6.07) is 0. The second-order valence-electron chi connectivity index (χ2n) is 4.23. The fraction of sp³-hybridized carbons (Fsp3) is 0.818. The van der Waals surface area contributed by atoms with Gasteiger partial charge in [0, 0.05) is 39.3 Å². The minimum absolute atomic E-state index is 0.790. The molecule has 3 heteroatoms. The van der Waals surface area contributed by atoms with Gasteiger partial charge in [-0.1, -0.05) is 12.2 Å². The van der Waals surface area contributed by atoms with Gasteiger partial charge in [-0.05, 0) is 18.9 Å². The maximum absolute atomic E-state index is 3.39. The van der Waals surface area contributed by atoms with Crippen molar-refractivity contribution in [3.63, 3.8) is 0 Å². The molecule has 0 spiro atoms. The molecule has 3 nitrogen and oxygen atoms in total. The molecular formula is C11H21N3. The topological polar surface area (TPSA) is 27.3 Å². The van der Waals surface area contributed by atoms with E-state index < -0.39 is 0 Å². The largest absolute Gasteiger partial charge is 0.316 e. The van der Waals surface area contributed by atoms with Crippen LogP contribution in [0.2, 0.25) is 0 Å². The predicted octanol–water partition coefficient (Wildman–Crippen LogP) is 0.0573. The number of hydrogen-bond acceptors (Lipinski definition) is 3. The Balaban J connectivity index is 1.64. The van der Waals surface area contributed by atoms with E-state index in [1.807, 2.05) is 0 Å². The first-order chi connectivity index (χ1) is 6.95. The Morgan fingerprint density at radius 1 is 1.14 bits per heavy atom. The first-order valence-corrected chi connectivity index (χ1v) is 5.75. The van der Waals surface area contributed by atoms with Crippen LogP contribution < -0.4 is 10.6 Å². The van der Waals surface area contributed by atoms with Crippen LogP contribution in [0.3, 0.4) is 0 Å². The maximum atomic E-state index is 3.39. The molecule has 0 bridgehead atoms.